The van der Waals surface area contributed by atoms with Gasteiger partial charge in [-0.1, -0.05) is 113 Å². The second kappa shape index (κ2) is 32.1. The van der Waals surface area contributed by atoms with Gasteiger partial charge in [-0.25, -0.2) is 4.79 Å². The third-order valence-corrected chi connectivity index (χ3v) is 13.5. The van der Waals surface area contributed by atoms with Crippen molar-refractivity contribution in [2.24, 2.45) is 11.8 Å². The summed E-state index contributed by atoms with van der Waals surface area (Å²) in [6.45, 7) is 6.44. The SMILES string of the molecule is CCCCCCc1ccc(NC(=O)c2ccc([N+](=O)[O-])o2)cc1.CCCCc1ccc(NC(=O)c2ccc([N+](=O)[O-])o2)cc1.CCc1ccc(NC(=O)NC2=CCC3C=CC=CC23)cc1.O=C(Nc1ccc(I)cc1)c1ccc([N+](=O)[O-])o1. The zero-order chi connectivity index (χ0) is 59.7. The maximum atomic E-state index is 12.1. The van der Waals surface area contributed by atoms with Gasteiger partial charge in [0.15, 0.2) is 17.3 Å². The molecule has 7 aromatic rings. The third-order valence-electron chi connectivity index (χ3n) is 12.7. The number of carbonyl (C=O) groups is 4. The number of nitrogens with one attached hydrogen (secondary N) is 5. The van der Waals surface area contributed by atoms with E-state index in [0.29, 0.717) is 28.9 Å². The molecule has 2 aliphatic carbocycles. The van der Waals surface area contributed by atoms with E-state index in [1.54, 1.807) is 24.3 Å². The molecule has 83 heavy (non-hydrogen) atoms. The Balaban J connectivity index is 0.000000178. The Hall–Kier alpha value is -9.45. The van der Waals surface area contributed by atoms with Crippen LogP contribution in [0.1, 0.15) is 114 Å². The molecular formula is C61H63IN8O13. The van der Waals surface area contributed by atoms with E-state index in [9.17, 15) is 49.5 Å². The summed E-state index contributed by atoms with van der Waals surface area (Å²) in [6.07, 6.45) is 21.8. The highest BCUT2D eigenvalue weighted by Gasteiger charge is 2.28. The number of allylic oxidation sites excluding steroid dienone is 5. The molecule has 9 rings (SSSR count). The van der Waals surface area contributed by atoms with Gasteiger partial charge in [0.1, 0.15) is 14.8 Å². The minimum Gasteiger partial charge on any atom is -0.395 e. The number of halogens is 1. The first-order chi connectivity index (χ1) is 40.0. The summed E-state index contributed by atoms with van der Waals surface area (Å²) in [7, 11) is 0. The maximum Gasteiger partial charge on any atom is 0.433 e. The second-order valence-corrected chi connectivity index (χ2v) is 20.1. The summed E-state index contributed by atoms with van der Waals surface area (Å²) in [5.74, 6) is -2.35. The molecule has 4 aromatic carbocycles. The summed E-state index contributed by atoms with van der Waals surface area (Å²) in [4.78, 5) is 77.0. The Kier molecular flexibility index (Phi) is 24.3. The average Bonchev–Trinajstić information content (AvgIpc) is 4.57. The summed E-state index contributed by atoms with van der Waals surface area (Å²) in [6, 6.07) is 37.3. The highest BCUT2D eigenvalue weighted by atomic mass is 127. The van der Waals surface area contributed by atoms with Crippen LogP contribution in [0.5, 0.6) is 0 Å². The Morgan fingerprint density at radius 3 is 1.29 bits per heavy atom. The lowest BCUT2D eigenvalue weighted by atomic mass is 9.90. The number of carbonyl (C=O) groups excluding carboxylic acids is 4. The minimum absolute atomic E-state index is 0.0830. The average molecular weight is 1240 g/mol. The molecule has 0 fully saturated rings. The quantitative estimate of drug-likeness (QED) is 0.0205. The number of urea groups is 1. The van der Waals surface area contributed by atoms with Crippen molar-refractivity contribution < 1.29 is 47.2 Å². The third kappa shape index (κ3) is 20.2. The minimum atomic E-state index is -0.693. The van der Waals surface area contributed by atoms with Gasteiger partial charge in [0.25, 0.3) is 17.7 Å². The van der Waals surface area contributed by atoms with Gasteiger partial charge in [-0.15, -0.1) is 0 Å². The molecule has 0 bridgehead atoms. The van der Waals surface area contributed by atoms with Crippen molar-refractivity contribution in [1.29, 1.82) is 0 Å². The van der Waals surface area contributed by atoms with E-state index in [0.717, 1.165) is 78.1 Å². The first-order valence-corrected chi connectivity index (χ1v) is 27.9. The number of nitrogens with zero attached hydrogens (tertiary/aromatic N) is 3. The van der Waals surface area contributed by atoms with Crippen LogP contribution in [-0.4, -0.2) is 38.5 Å². The molecule has 21 nitrogen and oxygen atoms in total. The van der Waals surface area contributed by atoms with Crippen LogP contribution >= 0.6 is 22.6 Å². The van der Waals surface area contributed by atoms with Gasteiger partial charge in [-0.2, -0.15) is 0 Å². The van der Waals surface area contributed by atoms with Crippen molar-refractivity contribution >= 4 is 86.7 Å². The fourth-order valence-corrected chi connectivity index (χ4v) is 8.62. The van der Waals surface area contributed by atoms with Crippen molar-refractivity contribution in [3.63, 3.8) is 0 Å². The highest BCUT2D eigenvalue weighted by molar-refractivity contribution is 14.1. The molecule has 22 heteroatoms. The van der Waals surface area contributed by atoms with Crippen LogP contribution in [0, 0.1) is 45.7 Å². The lowest BCUT2D eigenvalue weighted by molar-refractivity contribution is -0.402. The number of amides is 5. The molecule has 3 aromatic heterocycles. The number of benzene rings is 4. The monoisotopic (exact) mass is 1240 g/mol. The molecule has 5 N–H and O–H groups in total. The Morgan fingerprint density at radius 1 is 0.482 bits per heavy atom. The molecule has 2 aliphatic rings. The van der Waals surface area contributed by atoms with E-state index in [1.807, 2.05) is 78.9 Å². The van der Waals surface area contributed by atoms with Crippen LogP contribution in [0.4, 0.5) is 45.2 Å². The molecule has 0 spiro atoms. The Labute approximate surface area is 492 Å². The molecule has 5 amide bonds. The molecule has 432 valence electrons. The molecule has 2 atom stereocenters. The zero-order valence-electron chi connectivity index (χ0n) is 45.8. The first-order valence-electron chi connectivity index (χ1n) is 26.8. The molecule has 2 unspecified atom stereocenters. The lowest BCUT2D eigenvalue weighted by Gasteiger charge is -2.19. The normalized spacial score (nSPS) is 13.4. The second-order valence-electron chi connectivity index (χ2n) is 18.8. The van der Waals surface area contributed by atoms with Crippen molar-refractivity contribution in [3.05, 3.63) is 237 Å². The van der Waals surface area contributed by atoms with Crippen LogP contribution < -0.4 is 26.6 Å². The van der Waals surface area contributed by atoms with Gasteiger partial charge in [-0.3, -0.25) is 44.7 Å². The van der Waals surface area contributed by atoms with Crippen molar-refractivity contribution in [3.8, 4) is 0 Å². The summed E-state index contributed by atoms with van der Waals surface area (Å²) in [5, 5.41) is 45.2. The molecule has 0 saturated heterocycles. The molecule has 0 aliphatic heterocycles. The van der Waals surface area contributed by atoms with E-state index in [4.69, 9.17) is 13.3 Å². The zero-order valence-corrected chi connectivity index (χ0v) is 48.0. The molecule has 0 radical (unpaired) electrons. The van der Waals surface area contributed by atoms with Gasteiger partial charge in [0.05, 0.1) is 18.2 Å². The largest absolute Gasteiger partial charge is 0.433 e. The van der Waals surface area contributed by atoms with Gasteiger partial charge >= 0.3 is 23.7 Å². The predicted octanol–water partition coefficient (Wildman–Crippen LogP) is 15.4. The Morgan fingerprint density at radius 2 is 0.880 bits per heavy atom. The molecule has 0 saturated carbocycles. The fraction of sp³-hybridized carbons (Fsp3) is 0.246. The van der Waals surface area contributed by atoms with Crippen LogP contribution in [0.25, 0.3) is 0 Å². The smallest absolute Gasteiger partial charge is 0.395 e. The van der Waals surface area contributed by atoms with Gasteiger partial charge in [0, 0.05) is 37.9 Å². The van der Waals surface area contributed by atoms with Crippen molar-refractivity contribution in [2.75, 3.05) is 21.3 Å². The van der Waals surface area contributed by atoms with Gasteiger partial charge in [0.2, 0.25) is 0 Å². The summed E-state index contributed by atoms with van der Waals surface area (Å²) >= 11 is 2.15. The van der Waals surface area contributed by atoms with Gasteiger partial charge < -0.3 is 39.8 Å². The predicted molar refractivity (Wildman–Crippen MR) is 324 cm³/mol. The lowest BCUT2D eigenvalue weighted by Crippen LogP contribution is -2.31. The summed E-state index contributed by atoms with van der Waals surface area (Å²) in [5.41, 5.74) is 7.38. The number of fused-ring (bicyclic) bond motifs is 1. The van der Waals surface area contributed by atoms with E-state index in [2.05, 4.69) is 94.3 Å². The standard InChI is InChI=1S/C18H20N2O.C17H20N2O4.C15H16N2O4.C11H7IN2O4/c1-2-13-7-10-15(11-8-13)19-18(21)20-17-12-9-14-5-3-4-6-16(14)17;1-2-3-4-5-6-13-7-9-14(10-8-13)18-17(20)15-11-12-16(23-15)19(21)22;1-2-3-4-11-5-7-12(8-6-11)16-15(18)13-9-10-14(21-13)17(19)20;12-7-1-3-8(4-2-7)13-11(15)9-5-6-10(18-9)14(16)17/h3-8,10-12,14,16H,2,9H2,1H3,(H2,19,20,21);7-12H,2-6H2,1H3,(H,18,20);5-10H,2-4H2,1H3,(H,16,18);1-6H,(H,13,15). The number of furan rings is 3. The number of rotatable bonds is 20. The number of aryl methyl sites for hydroxylation is 3. The first kappa shape index (κ1) is 62.7. The van der Waals surface area contributed by atoms with Crippen LogP contribution in [0.15, 0.2) is 183 Å². The maximum absolute atomic E-state index is 12.1. The number of unbranched alkanes of at least 4 members (excludes halogenated alkanes) is 4. The van der Waals surface area contributed by atoms with E-state index in [-0.39, 0.29) is 23.3 Å². The van der Waals surface area contributed by atoms with Crippen LogP contribution in [0.2, 0.25) is 0 Å². The molecular weight excluding hydrogens is 1180 g/mol. The number of hydrogen-bond donors (Lipinski definition) is 5. The number of hydrogen-bond acceptors (Lipinski definition) is 13. The topological polar surface area (TPSA) is 297 Å². The Bertz CT molecular complexity index is 3400. The van der Waals surface area contributed by atoms with E-state index < -0.39 is 50.1 Å². The van der Waals surface area contributed by atoms with E-state index in [1.165, 1.54) is 54.2 Å². The van der Waals surface area contributed by atoms with E-state index >= 15 is 0 Å². The van der Waals surface area contributed by atoms with Gasteiger partial charge in [-0.05, 0) is 163 Å². The molecule has 3 heterocycles. The summed E-state index contributed by atoms with van der Waals surface area (Å²) < 4.78 is 15.5. The number of anilines is 4. The van der Waals surface area contributed by atoms with Crippen molar-refractivity contribution in [2.45, 2.75) is 85.0 Å². The highest BCUT2D eigenvalue weighted by Crippen LogP contribution is 2.35. The van der Waals surface area contributed by atoms with Crippen molar-refractivity contribution in [1.82, 2.24) is 5.32 Å². The fourth-order valence-electron chi connectivity index (χ4n) is 8.26. The number of nitro groups is 3. The van der Waals surface area contributed by atoms with Crippen LogP contribution in [0.3, 0.4) is 0 Å². The van der Waals surface area contributed by atoms with Crippen LogP contribution in [-0.2, 0) is 19.3 Å².